The quantitative estimate of drug-likeness (QED) is 0.818. The standard InChI is InChI=1S/C18H33NO/c20-18-13-7-6-12-17(18)19-16-11-5-4-10-15(16)14-8-2-1-3-9-14/h14-20H,1-13H2. The van der Waals surface area contributed by atoms with Gasteiger partial charge in [-0.3, -0.25) is 0 Å². The summed E-state index contributed by atoms with van der Waals surface area (Å²) in [6.07, 6.45) is 17.6. The highest BCUT2D eigenvalue weighted by molar-refractivity contribution is 4.91. The first-order chi connectivity index (χ1) is 9.84. The third-order valence-corrected chi connectivity index (χ3v) is 6.23. The summed E-state index contributed by atoms with van der Waals surface area (Å²) in [7, 11) is 0. The fraction of sp³-hybridized carbons (Fsp3) is 1.00. The van der Waals surface area contributed by atoms with Gasteiger partial charge in [0.05, 0.1) is 6.10 Å². The topological polar surface area (TPSA) is 32.3 Å². The second-order valence-corrected chi connectivity index (χ2v) is 7.58. The van der Waals surface area contributed by atoms with Gasteiger partial charge in [0.15, 0.2) is 0 Å². The van der Waals surface area contributed by atoms with Crippen LogP contribution in [0.5, 0.6) is 0 Å². The molecule has 2 N–H and O–H groups in total. The second kappa shape index (κ2) is 7.26. The summed E-state index contributed by atoms with van der Waals surface area (Å²) in [4.78, 5) is 0. The summed E-state index contributed by atoms with van der Waals surface area (Å²) in [5, 5.41) is 14.1. The van der Waals surface area contributed by atoms with Crippen LogP contribution < -0.4 is 5.32 Å². The molecular formula is C18H33NO. The summed E-state index contributed by atoms with van der Waals surface area (Å²) < 4.78 is 0. The molecule has 0 aliphatic heterocycles. The summed E-state index contributed by atoms with van der Waals surface area (Å²) in [5.41, 5.74) is 0. The Labute approximate surface area is 124 Å². The lowest BCUT2D eigenvalue weighted by atomic mass is 9.70. The van der Waals surface area contributed by atoms with E-state index in [0.717, 1.165) is 18.3 Å². The Balaban J connectivity index is 1.59. The maximum absolute atomic E-state index is 10.2. The van der Waals surface area contributed by atoms with Crippen LogP contribution in [0.4, 0.5) is 0 Å². The van der Waals surface area contributed by atoms with E-state index < -0.39 is 0 Å². The van der Waals surface area contributed by atoms with Crippen LogP contribution in [-0.2, 0) is 0 Å². The fourth-order valence-electron chi connectivity index (χ4n) is 5.07. The molecule has 2 heteroatoms. The van der Waals surface area contributed by atoms with Crippen molar-refractivity contribution in [3.63, 3.8) is 0 Å². The number of aliphatic hydroxyl groups is 1. The van der Waals surface area contributed by atoms with Gasteiger partial charge in [0.1, 0.15) is 0 Å². The molecule has 20 heavy (non-hydrogen) atoms. The van der Waals surface area contributed by atoms with Crippen LogP contribution in [0, 0.1) is 11.8 Å². The minimum absolute atomic E-state index is 0.0855. The maximum atomic E-state index is 10.2. The predicted molar refractivity (Wildman–Crippen MR) is 83.7 cm³/mol. The van der Waals surface area contributed by atoms with E-state index >= 15 is 0 Å². The van der Waals surface area contributed by atoms with E-state index in [9.17, 15) is 5.11 Å². The molecule has 0 bridgehead atoms. The van der Waals surface area contributed by atoms with Gasteiger partial charge in [0.25, 0.3) is 0 Å². The molecule has 3 aliphatic carbocycles. The molecule has 0 amide bonds. The van der Waals surface area contributed by atoms with Gasteiger partial charge in [-0.25, -0.2) is 0 Å². The average molecular weight is 279 g/mol. The fourth-order valence-corrected chi connectivity index (χ4v) is 5.07. The van der Waals surface area contributed by atoms with Crippen molar-refractivity contribution in [2.75, 3.05) is 0 Å². The van der Waals surface area contributed by atoms with Crippen LogP contribution in [-0.4, -0.2) is 23.3 Å². The number of nitrogens with one attached hydrogen (secondary N) is 1. The molecule has 3 saturated carbocycles. The molecule has 4 atom stereocenters. The molecule has 0 aromatic rings. The van der Waals surface area contributed by atoms with Gasteiger partial charge in [-0.15, -0.1) is 0 Å². The number of aliphatic hydroxyl groups excluding tert-OH is 1. The highest BCUT2D eigenvalue weighted by Crippen LogP contribution is 2.39. The first kappa shape index (κ1) is 14.8. The molecule has 3 aliphatic rings. The van der Waals surface area contributed by atoms with Crippen LogP contribution in [0.1, 0.15) is 83.5 Å². The van der Waals surface area contributed by atoms with Crippen molar-refractivity contribution in [2.24, 2.45) is 11.8 Å². The summed E-state index contributed by atoms with van der Waals surface area (Å²) in [5.74, 6) is 1.88. The lowest BCUT2D eigenvalue weighted by molar-refractivity contribution is 0.0629. The van der Waals surface area contributed by atoms with E-state index in [1.165, 1.54) is 77.0 Å². The number of hydrogen-bond donors (Lipinski definition) is 2. The first-order valence-electron chi connectivity index (χ1n) is 9.29. The van der Waals surface area contributed by atoms with Crippen molar-refractivity contribution in [1.82, 2.24) is 5.32 Å². The van der Waals surface area contributed by atoms with E-state index in [1.807, 2.05) is 0 Å². The summed E-state index contributed by atoms with van der Waals surface area (Å²) >= 11 is 0. The van der Waals surface area contributed by atoms with Crippen LogP contribution in [0.3, 0.4) is 0 Å². The van der Waals surface area contributed by atoms with Crippen LogP contribution in [0.25, 0.3) is 0 Å². The maximum Gasteiger partial charge on any atom is 0.0693 e. The van der Waals surface area contributed by atoms with Gasteiger partial charge < -0.3 is 10.4 Å². The smallest absolute Gasteiger partial charge is 0.0693 e. The summed E-state index contributed by atoms with van der Waals surface area (Å²) in [6.45, 7) is 0. The zero-order chi connectivity index (χ0) is 13.8. The number of rotatable bonds is 3. The van der Waals surface area contributed by atoms with Crippen molar-refractivity contribution in [3.05, 3.63) is 0 Å². The zero-order valence-corrected chi connectivity index (χ0v) is 13.0. The minimum atomic E-state index is -0.0855. The third-order valence-electron chi connectivity index (χ3n) is 6.23. The molecular weight excluding hydrogens is 246 g/mol. The third kappa shape index (κ3) is 3.57. The Hall–Kier alpha value is -0.0800. The van der Waals surface area contributed by atoms with Gasteiger partial charge in [0, 0.05) is 12.1 Å². The highest BCUT2D eigenvalue weighted by Gasteiger charge is 2.35. The second-order valence-electron chi connectivity index (χ2n) is 7.58. The first-order valence-corrected chi connectivity index (χ1v) is 9.29. The Bertz CT molecular complexity index is 287. The molecule has 2 nitrogen and oxygen atoms in total. The molecule has 0 radical (unpaired) electrons. The SMILES string of the molecule is OC1CCCCC1NC1CCCCC1C1CCCCC1. The van der Waals surface area contributed by atoms with Crippen LogP contribution >= 0.6 is 0 Å². The largest absolute Gasteiger partial charge is 0.392 e. The van der Waals surface area contributed by atoms with Crippen molar-refractivity contribution in [2.45, 2.75) is 102 Å². The Kier molecular flexibility index (Phi) is 5.39. The minimum Gasteiger partial charge on any atom is -0.392 e. The van der Waals surface area contributed by atoms with E-state index in [0.29, 0.717) is 12.1 Å². The zero-order valence-electron chi connectivity index (χ0n) is 13.0. The van der Waals surface area contributed by atoms with Crippen LogP contribution in [0.2, 0.25) is 0 Å². The molecule has 116 valence electrons. The monoisotopic (exact) mass is 279 g/mol. The van der Waals surface area contributed by atoms with E-state index in [1.54, 1.807) is 0 Å². The van der Waals surface area contributed by atoms with Gasteiger partial charge in [0.2, 0.25) is 0 Å². The molecule has 0 spiro atoms. The van der Waals surface area contributed by atoms with Gasteiger partial charge >= 0.3 is 0 Å². The molecule has 4 unspecified atom stereocenters. The normalized spacial score (nSPS) is 40.6. The molecule has 0 aromatic heterocycles. The highest BCUT2D eigenvalue weighted by atomic mass is 16.3. The van der Waals surface area contributed by atoms with Gasteiger partial charge in [-0.2, -0.15) is 0 Å². The molecule has 3 fully saturated rings. The van der Waals surface area contributed by atoms with Crippen molar-refractivity contribution in [3.8, 4) is 0 Å². The molecule has 0 aromatic carbocycles. The Morgan fingerprint density at radius 2 is 1.20 bits per heavy atom. The van der Waals surface area contributed by atoms with E-state index in [4.69, 9.17) is 0 Å². The Morgan fingerprint density at radius 3 is 1.95 bits per heavy atom. The molecule has 3 rings (SSSR count). The van der Waals surface area contributed by atoms with Gasteiger partial charge in [-0.05, 0) is 37.5 Å². The Morgan fingerprint density at radius 1 is 0.600 bits per heavy atom. The lowest BCUT2D eigenvalue weighted by Crippen LogP contribution is -2.52. The van der Waals surface area contributed by atoms with Crippen molar-refractivity contribution in [1.29, 1.82) is 0 Å². The molecule has 0 saturated heterocycles. The summed E-state index contributed by atoms with van der Waals surface area (Å²) in [6, 6.07) is 1.09. The van der Waals surface area contributed by atoms with E-state index in [2.05, 4.69) is 5.32 Å². The van der Waals surface area contributed by atoms with Crippen molar-refractivity contribution >= 4 is 0 Å². The predicted octanol–water partition coefficient (Wildman–Crippen LogP) is 4.02. The van der Waals surface area contributed by atoms with E-state index in [-0.39, 0.29) is 6.10 Å². The van der Waals surface area contributed by atoms with Gasteiger partial charge in [-0.1, -0.05) is 57.8 Å². The van der Waals surface area contributed by atoms with Crippen molar-refractivity contribution < 1.29 is 5.11 Å². The average Bonchev–Trinajstić information content (AvgIpc) is 2.51. The molecule has 0 heterocycles. The van der Waals surface area contributed by atoms with Crippen LogP contribution in [0.15, 0.2) is 0 Å². The lowest BCUT2D eigenvalue weighted by Gasteiger charge is -2.42. The number of hydrogen-bond acceptors (Lipinski definition) is 2.